The fraction of sp³-hybridized carbons (Fsp3) is 0.643. The minimum Gasteiger partial charge on any atom is -0.444 e. The molecule has 15 nitrogen and oxygen atoms in total. The number of alkyl halides is 2. The minimum atomic E-state index is -2.69. The van der Waals surface area contributed by atoms with E-state index in [0.29, 0.717) is 108 Å². The van der Waals surface area contributed by atoms with Crippen LogP contribution in [0.4, 0.5) is 29.9 Å². The molecule has 322 valence electrons. The maximum atomic E-state index is 14.7. The van der Waals surface area contributed by atoms with Crippen molar-refractivity contribution in [2.75, 3.05) is 77.6 Å². The van der Waals surface area contributed by atoms with Gasteiger partial charge in [-0.15, -0.1) is 0 Å². The first-order valence-corrected chi connectivity index (χ1v) is 21.0. The number of aryl methyl sites for hydroxylation is 2. The van der Waals surface area contributed by atoms with Gasteiger partial charge in [-0.05, 0) is 88.5 Å². The molecule has 4 aliphatic rings. The van der Waals surface area contributed by atoms with E-state index in [1.54, 1.807) is 47.0 Å². The highest BCUT2D eigenvalue weighted by Crippen LogP contribution is 2.43. The Kier molecular flexibility index (Phi) is 13.1. The van der Waals surface area contributed by atoms with E-state index < -0.39 is 12.0 Å². The van der Waals surface area contributed by atoms with Crippen LogP contribution in [0.25, 0.3) is 11.1 Å². The molecule has 1 aromatic carbocycles. The van der Waals surface area contributed by atoms with Crippen molar-refractivity contribution in [3.8, 4) is 11.1 Å². The largest absolute Gasteiger partial charge is 0.444 e. The van der Waals surface area contributed by atoms with Gasteiger partial charge in [0.1, 0.15) is 12.2 Å². The number of ether oxygens (including phenoxy) is 3. The molecule has 59 heavy (non-hydrogen) atoms. The number of halogens is 2. The first-order chi connectivity index (χ1) is 28.3. The van der Waals surface area contributed by atoms with Crippen molar-refractivity contribution >= 4 is 29.5 Å². The van der Waals surface area contributed by atoms with Gasteiger partial charge in [0.05, 0.1) is 32.0 Å². The summed E-state index contributed by atoms with van der Waals surface area (Å²) in [6.07, 6.45) is 5.71. The summed E-state index contributed by atoms with van der Waals surface area (Å²) in [5.74, 6) is 1.00. The highest BCUT2D eigenvalue weighted by Gasteiger charge is 2.36. The summed E-state index contributed by atoms with van der Waals surface area (Å²) in [7, 11) is 3.39. The molecule has 3 aromatic rings. The topological polar surface area (TPSA) is 140 Å². The molecule has 1 N–H and O–H groups in total. The third-order valence-electron chi connectivity index (χ3n) is 11.8. The summed E-state index contributed by atoms with van der Waals surface area (Å²) in [5, 5.41) is 12.2. The molecule has 0 radical (unpaired) electrons. The van der Waals surface area contributed by atoms with Crippen LogP contribution in [0, 0.1) is 5.92 Å². The molecule has 0 saturated carbocycles. The summed E-state index contributed by atoms with van der Waals surface area (Å²) in [6.45, 7) is 10.8. The average molecular weight is 824 g/mol. The van der Waals surface area contributed by atoms with E-state index in [-0.39, 0.29) is 36.2 Å². The second kappa shape index (κ2) is 18.2. The highest BCUT2D eigenvalue weighted by molar-refractivity contribution is 5.79. The van der Waals surface area contributed by atoms with Crippen molar-refractivity contribution in [1.29, 1.82) is 0 Å². The predicted octanol–water partition coefficient (Wildman–Crippen LogP) is 5.85. The summed E-state index contributed by atoms with van der Waals surface area (Å²) >= 11 is 0. The molecule has 0 spiro atoms. The van der Waals surface area contributed by atoms with E-state index >= 15 is 0 Å². The SMILES string of the molecule is CNC(=O)N1CCc2c(c(N3CCCc4cc(-c5cnn(C)c5)c(C(F)F)cc43)nn2C2CCN(C(=O)COCCOCC3CCN(C(=O)OC(C)(C)C)CC3)CC2)C1. The Bertz CT molecular complexity index is 1960. The molecule has 0 bridgehead atoms. The normalized spacial score (nSPS) is 18.0. The van der Waals surface area contributed by atoms with Crippen LogP contribution in [0.3, 0.4) is 0 Å². The van der Waals surface area contributed by atoms with Gasteiger partial charge < -0.3 is 39.1 Å². The van der Waals surface area contributed by atoms with Gasteiger partial charge in [-0.25, -0.2) is 18.4 Å². The van der Waals surface area contributed by atoms with E-state index in [2.05, 4.69) is 20.0 Å². The lowest BCUT2D eigenvalue weighted by Gasteiger charge is -2.34. The van der Waals surface area contributed by atoms with Crippen LogP contribution in [-0.2, 0) is 45.4 Å². The fourth-order valence-corrected chi connectivity index (χ4v) is 8.73. The molecule has 6 heterocycles. The molecule has 2 aromatic heterocycles. The van der Waals surface area contributed by atoms with Crippen LogP contribution in [0.5, 0.6) is 0 Å². The van der Waals surface area contributed by atoms with Crippen LogP contribution in [0.2, 0.25) is 0 Å². The number of carbonyl (C=O) groups excluding carboxylic acids is 3. The van der Waals surface area contributed by atoms with Crippen LogP contribution in [-0.4, -0.2) is 131 Å². The maximum Gasteiger partial charge on any atom is 0.410 e. The Labute approximate surface area is 344 Å². The van der Waals surface area contributed by atoms with E-state index in [4.69, 9.17) is 19.3 Å². The van der Waals surface area contributed by atoms with Crippen molar-refractivity contribution in [1.82, 2.24) is 39.6 Å². The van der Waals surface area contributed by atoms with Crippen LogP contribution < -0.4 is 10.2 Å². The number of amides is 4. The summed E-state index contributed by atoms with van der Waals surface area (Å²) in [5.41, 5.74) is 4.25. The van der Waals surface area contributed by atoms with Crippen LogP contribution in [0.15, 0.2) is 24.5 Å². The number of piperidine rings is 2. The van der Waals surface area contributed by atoms with E-state index in [0.717, 1.165) is 48.2 Å². The van der Waals surface area contributed by atoms with Gasteiger partial charge in [0.2, 0.25) is 5.91 Å². The van der Waals surface area contributed by atoms with Crippen molar-refractivity contribution in [3.63, 3.8) is 0 Å². The summed E-state index contributed by atoms with van der Waals surface area (Å²) in [6, 6.07) is 3.36. The van der Waals surface area contributed by atoms with Crippen molar-refractivity contribution in [2.24, 2.45) is 13.0 Å². The quantitative estimate of drug-likeness (QED) is 0.236. The van der Waals surface area contributed by atoms with Gasteiger partial charge in [0.15, 0.2) is 5.82 Å². The number of anilines is 2. The molecule has 0 unspecified atom stereocenters. The standard InChI is InChI=1S/C42H59F2N9O6/c1-42(2,3)59-41(56)50-14-8-28(9-15-50)26-57-19-20-58-27-37(54)49-16-10-31(11-17-49)53-35-12-18-51(40(55)45-4)25-34(35)39(47-53)52-13-6-7-29-21-32(30-23-46-48(5)24-30)33(38(43)44)22-36(29)52/h21-24,28,31,38H,6-20,25-27H2,1-5H3,(H,45,55). The summed E-state index contributed by atoms with van der Waals surface area (Å²) in [4.78, 5) is 45.8. The molecule has 4 aliphatic heterocycles. The molecular formula is C42H59F2N9O6. The average Bonchev–Trinajstić information content (AvgIpc) is 3.83. The number of nitrogens with one attached hydrogen (secondary N) is 1. The van der Waals surface area contributed by atoms with Crippen LogP contribution in [0.1, 0.15) is 87.7 Å². The lowest BCUT2D eigenvalue weighted by Crippen LogP contribution is -2.43. The van der Waals surface area contributed by atoms with E-state index in [1.807, 2.05) is 31.7 Å². The number of nitrogens with zero attached hydrogens (tertiary/aromatic N) is 8. The van der Waals surface area contributed by atoms with Gasteiger partial charge in [0, 0.05) is 101 Å². The zero-order valence-electron chi connectivity index (χ0n) is 35.1. The van der Waals surface area contributed by atoms with Crippen LogP contribution >= 0.6 is 0 Å². The number of urea groups is 1. The van der Waals surface area contributed by atoms with Crippen molar-refractivity contribution < 1.29 is 37.4 Å². The highest BCUT2D eigenvalue weighted by atomic mass is 19.3. The first-order valence-electron chi connectivity index (χ1n) is 21.0. The molecular weight excluding hydrogens is 765 g/mol. The number of likely N-dealkylation sites (tertiary alicyclic amines) is 2. The Morgan fingerprint density at radius 3 is 2.34 bits per heavy atom. The van der Waals surface area contributed by atoms with E-state index in [9.17, 15) is 23.2 Å². The lowest BCUT2D eigenvalue weighted by molar-refractivity contribution is -0.138. The molecule has 2 fully saturated rings. The number of rotatable bonds is 11. The third-order valence-corrected chi connectivity index (χ3v) is 11.8. The lowest BCUT2D eigenvalue weighted by atomic mass is 9.92. The minimum absolute atomic E-state index is 0.0174. The number of aromatic nitrogens is 4. The second-order valence-corrected chi connectivity index (χ2v) is 17.1. The maximum absolute atomic E-state index is 14.7. The number of fused-ring (bicyclic) bond motifs is 2. The molecule has 17 heteroatoms. The zero-order valence-corrected chi connectivity index (χ0v) is 35.1. The molecule has 0 aliphatic carbocycles. The zero-order chi connectivity index (χ0) is 41.8. The smallest absolute Gasteiger partial charge is 0.410 e. The van der Waals surface area contributed by atoms with Gasteiger partial charge in [-0.3, -0.25) is 14.2 Å². The first kappa shape index (κ1) is 42.4. The number of hydrogen-bond donors (Lipinski definition) is 1. The number of carbonyl (C=O) groups is 3. The third kappa shape index (κ3) is 9.83. The fourth-order valence-electron chi connectivity index (χ4n) is 8.73. The molecule has 2 saturated heterocycles. The number of benzene rings is 1. The second-order valence-electron chi connectivity index (χ2n) is 17.1. The van der Waals surface area contributed by atoms with Gasteiger partial charge in [-0.1, -0.05) is 0 Å². The van der Waals surface area contributed by atoms with Gasteiger partial charge in [0.25, 0.3) is 6.43 Å². The Morgan fingerprint density at radius 1 is 0.932 bits per heavy atom. The predicted molar refractivity (Wildman–Crippen MR) is 217 cm³/mol. The van der Waals surface area contributed by atoms with Crippen molar-refractivity contribution in [2.45, 2.75) is 90.3 Å². The Hall–Kier alpha value is -4.77. The molecule has 4 amide bonds. The Morgan fingerprint density at radius 2 is 1.66 bits per heavy atom. The van der Waals surface area contributed by atoms with Crippen molar-refractivity contribution in [3.05, 3.63) is 46.9 Å². The molecule has 0 atom stereocenters. The summed E-state index contributed by atoms with van der Waals surface area (Å²) < 4.78 is 50.1. The Balaban J connectivity index is 0.954. The monoisotopic (exact) mass is 823 g/mol. The molecule has 7 rings (SSSR count). The number of hydrogen-bond acceptors (Lipinski definition) is 9. The van der Waals surface area contributed by atoms with Gasteiger partial charge >= 0.3 is 12.1 Å². The van der Waals surface area contributed by atoms with Gasteiger partial charge in [-0.2, -0.15) is 10.2 Å². The van der Waals surface area contributed by atoms with E-state index in [1.165, 1.54) is 0 Å².